The molecule has 12 heteroatoms. The van der Waals surface area contributed by atoms with Crippen LogP contribution in [0.2, 0.25) is 0 Å². The maximum atomic E-state index is 13.8. The lowest BCUT2D eigenvalue weighted by atomic mass is 9.84. The number of halogens is 5. The summed E-state index contributed by atoms with van der Waals surface area (Å²) in [6, 6.07) is 3.50. The molecule has 1 saturated carbocycles. The van der Waals surface area contributed by atoms with Crippen molar-refractivity contribution >= 4 is 12.2 Å². The number of hydrogen-bond donors (Lipinski definition) is 1. The monoisotopic (exact) mass is 499 g/mol. The first kappa shape index (κ1) is 24.2. The molecule has 0 atom stereocenters. The van der Waals surface area contributed by atoms with Crippen LogP contribution in [0.5, 0.6) is 0 Å². The van der Waals surface area contributed by atoms with Crippen molar-refractivity contribution in [2.75, 3.05) is 0 Å². The molecule has 1 N–H and O–H groups in total. The predicted molar refractivity (Wildman–Crippen MR) is 117 cm³/mol. The third-order valence-corrected chi connectivity index (χ3v) is 6.54. The van der Waals surface area contributed by atoms with Gasteiger partial charge in [0, 0.05) is 18.8 Å². The molecule has 0 aliphatic heterocycles. The number of imidazole rings is 1. The lowest BCUT2D eigenvalue weighted by molar-refractivity contribution is -0.138. The summed E-state index contributed by atoms with van der Waals surface area (Å²) in [6.07, 6.45) is -2.10. The summed E-state index contributed by atoms with van der Waals surface area (Å²) in [7, 11) is 1.38. The van der Waals surface area contributed by atoms with Crippen LogP contribution >= 0.6 is 12.2 Å². The highest BCUT2D eigenvalue weighted by Gasteiger charge is 2.34. The number of alkyl halides is 5. The second-order valence-electron chi connectivity index (χ2n) is 8.33. The van der Waals surface area contributed by atoms with Gasteiger partial charge < -0.3 is 9.55 Å². The number of pyridine rings is 1. The van der Waals surface area contributed by atoms with E-state index in [0.29, 0.717) is 5.56 Å². The third kappa shape index (κ3) is 4.68. The number of nitrogens with zero attached hydrogens (tertiary/aromatic N) is 4. The first-order valence-corrected chi connectivity index (χ1v) is 11.2. The Morgan fingerprint density at radius 1 is 1.24 bits per heavy atom. The number of aromatic nitrogens is 5. The average Bonchev–Trinajstić information content (AvgIpc) is 3.10. The van der Waals surface area contributed by atoms with Crippen LogP contribution in [0.15, 0.2) is 29.2 Å². The summed E-state index contributed by atoms with van der Waals surface area (Å²) >= 11 is 5.10. The van der Waals surface area contributed by atoms with Crippen LogP contribution in [0, 0.1) is 4.77 Å². The second-order valence-corrected chi connectivity index (χ2v) is 8.71. The Bertz CT molecular complexity index is 1300. The molecule has 1 aliphatic rings. The maximum Gasteiger partial charge on any atom is 0.418 e. The molecular formula is C22H22F5N5OS. The van der Waals surface area contributed by atoms with Crippen LogP contribution in [0.25, 0.3) is 11.4 Å². The van der Waals surface area contributed by atoms with E-state index < -0.39 is 36.0 Å². The normalized spacial score (nSPS) is 15.3. The van der Waals surface area contributed by atoms with Gasteiger partial charge in [-0.15, -0.1) is 0 Å². The van der Waals surface area contributed by atoms with Crippen molar-refractivity contribution in [3.05, 3.63) is 62.0 Å². The van der Waals surface area contributed by atoms with E-state index in [9.17, 15) is 26.7 Å². The van der Waals surface area contributed by atoms with Crippen molar-refractivity contribution in [3.8, 4) is 11.4 Å². The number of hydrogen-bond acceptors (Lipinski definition) is 4. The van der Waals surface area contributed by atoms with Gasteiger partial charge in [0.2, 0.25) is 0 Å². The molecule has 3 heterocycles. The molecule has 1 aliphatic carbocycles. The highest BCUT2D eigenvalue weighted by molar-refractivity contribution is 7.71. The van der Waals surface area contributed by atoms with Crippen LogP contribution in [0.4, 0.5) is 22.0 Å². The number of nitrogens with one attached hydrogen (secondary N) is 1. The van der Waals surface area contributed by atoms with Crippen LogP contribution in [-0.2, 0) is 19.8 Å². The fourth-order valence-corrected chi connectivity index (χ4v) is 4.64. The lowest BCUT2D eigenvalue weighted by Crippen LogP contribution is -2.30. The Labute approximate surface area is 196 Å². The molecule has 0 spiro atoms. The van der Waals surface area contributed by atoms with Crippen molar-refractivity contribution in [1.82, 2.24) is 24.3 Å². The van der Waals surface area contributed by atoms with E-state index in [1.54, 1.807) is 0 Å². The number of aromatic amines is 1. The highest BCUT2D eigenvalue weighted by Crippen LogP contribution is 2.35. The molecule has 0 amide bonds. The second kappa shape index (κ2) is 9.40. The van der Waals surface area contributed by atoms with Gasteiger partial charge >= 0.3 is 6.18 Å². The summed E-state index contributed by atoms with van der Waals surface area (Å²) in [4.78, 5) is 19.8. The summed E-state index contributed by atoms with van der Waals surface area (Å²) in [5.41, 5.74) is -2.03. The Kier molecular flexibility index (Phi) is 6.70. The quantitative estimate of drug-likeness (QED) is 0.358. The standard InChI is InChI=1S/C22H22F5N5OS/c1-31-18(19(23)24)17(29-21(31)34)15-10-13(12-6-3-2-4-7-12)20(33)32(30-15)11-16-14(22(25,26)27)8-5-9-28-16/h5,8-10,12,19H,2-4,6-7,11H2,1H3,(H,29,34). The summed E-state index contributed by atoms with van der Waals surface area (Å²) in [6.45, 7) is -0.556. The minimum absolute atomic E-state index is 0.0201. The molecule has 34 heavy (non-hydrogen) atoms. The molecule has 182 valence electrons. The topological polar surface area (TPSA) is 68.5 Å². The third-order valence-electron chi connectivity index (χ3n) is 6.16. The van der Waals surface area contributed by atoms with E-state index in [0.717, 1.165) is 53.5 Å². The molecule has 0 aromatic carbocycles. The minimum Gasteiger partial charge on any atom is -0.329 e. The van der Waals surface area contributed by atoms with Crippen molar-refractivity contribution < 1.29 is 22.0 Å². The van der Waals surface area contributed by atoms with E-state index >= 15 is 0 Å². The minimum atomic E-state index is -4.68. The molecule has 0 radical (unpaired) electrons. The molecule has 1 fully saturated rings. The van der Waals surface area contributed by atoms with Gasteiger partial charge in [0.05, 0.1) is 23.5 Å². The Balaban J connectivity index is 1.91. The zero-order valence-corrected chi connectivity index (χ0v) is 19.0. The summed E-state index contributed by atoms with van der Waals surface area (Å²) in [5.74, 6) is -0.137. The van der Waals surface area contributed by atoms with E-state index in [4.69, 9.17) is 12.2 Å². The summed E-state index contributed by atoms with van der Waals surface area (Å²) in [5, 5.41) is 4.19. The SMILES string of the molecule is Cn1c(C(F)F)c(-c2cc(C3CCCCC3)c(=O)n(Cc3ncccc3C(F)(F)F)n2)[nH]c1=S. The van der Waals surface area contributed by atoms with Crippen LogP contribution in [0.3, 0.4) is 0 Å². The Morgan fingerprint density at radius 3 is 2.59 bits per heavy atom. The molecule has 0 bridgehead atoms. The zero-order valence-electron chi connectivity index (χ0n) is 18.2. The van der Waals surface area contributed by atoms with Crippen LogP contribution in [0.1, 0.15) is 67.0 Å². The molecule has 3 aromatic rings. The Morgan fingerprint density at radius 2 is 1.94 bits per heavy atom. The van der Waals surface area contributed by atoms with E-state index in [1.807, 2.05) is 0 Å². The molecule has 3 aromatic heterocycles. The fourth-order valence-electron chi connectivity index (χ4n) is 4.44. The maximum absolute atomic E-state index is 13.8. The van der Waals surface area contributed by atoms with Gasteiger partial charge in [-0.05, 0) is 49.2 Å². The van der Waals surface area contributed by atoms with Gasteiger partial charge in [-0.3, -0.25) is 9.78 Å². The Hall–Kier alpha value is -2.89. The van der Waals surface area contributed by atoms with Gasteiger partial charge in [0.15, 0.2) is 4.77 Å². The first-order chi connectivity index (χ1) is 16.1. The van der Waals surface area contributed by atoms with Gasteiger partial charge in [-0.1, -0.05) is 19.3 Å². The van der Waals surface area contributed by atoms with E-state index in [2.05, 4.69) is 15.1 Å². The van der Waals surface area contributed by atoms with Crippen molar-refractivity contribution in [3.63, 3.8) is 0 Å². The fraction of sp³-hybridized carbons (Fsp3) is 0.455. The largest absolute Gasteiger partial charge is 0.418 e. The number of H-pyrrole nitrogens is 1. The van der Waals surface area contributed by atoms with Crippen molar-refractivity contribution in [2.24, 2.45) is 7.05 Å². The van der Waals surface area contributed by atoms with Crippen LogP contribution in [-0.4, -0.2) is 24.3 Å². The lowest BCUT2D eigenvalue weighted by Gasteiger charge is -2.22. The average molecular weight is 500 g/mol. The van der Waals surface area contributed by atoms with E-state index in [1.165, 1.54) is 19.3 Å². The highest BCUT2D eigenvalue weighted by atomic mass is 32.1. The van der Waals surface area contributed by atoms with Crippen molar-refractivity contribution in [2.45, 2.75) is 57.2 Å². The van der Waals surface area contributed by atoms with E-state index in [-0.39, 0.29) is 27.8 Å². The number of rotatable bonds is 5. The predicted octanol–water partition coefficient (Wildman–Crippen LogP) is 5.75. The first-order valence-electron chi connectivity index (χ1n) is 10.8. The molecular weight excluding hydrogens is 477 g/mol. The van der Waals surface area contributed by atoms with Gasteiger partial charge in [0.1, 0.15) is 11.4 Å². The van der Waals surface area contributed by atoms with Gasteiger partial charge in [0.25, 0.3) is 12.0 Å². The van der Waals surface area contributed by atoms with Crippen molar-refractivity contribution in [1.29, 1.82) is 0 Å². The van der Waals surface area contributed by atoms with Crippen LogP contribution < -0.4 is 5.56 Å². The molecule has 4 rings (SSSR count). The molecule has 0 saturated heterocycles. The van der Waals surface area contributed by atoms with Gasteiger partial charge in [-0.2, -0.15) is 18.3 Å². The smallest absolute Gasteiger partial charge is 0.329 e. The zero-order chi connectivity index (χ0) is 24.6. The molecule has 0 unspecified atom stereocenters. The summed E-state index contributed by atoms with van der Waals surface area (Å²) < 4.78 is 70.2. The molecule has 6 nitrogen and oxygen atoms in total. The van der Waals surface area contributed by atoms with Gasteiger partial charge in [-0.25, -0.2) is 13.5 Å².